The van der Waals surface area contributed by atoms with Gasteiger partial charge >= 0.3 is 6.18 Å². The first-order valence-electron chi connectivity index (χ1n) is 13.8. The highest BCUT2D eigenvalue weighted by atomic mass is 32.2. The quantitative estimate of drug-likeness (QED) is 0.154. The minimum absolute atomic E-state index is 0.0677. The van der Waals surface area contributed by atoms with Gasteiger partial charge in [-0.05, 0) is 69.5 Å². The summed E-state index contributed by atoms with van der Waals surface area (Å²) in [5.74, 6) is 0. The second-order valence-corrected chi connectivity index (χ2v) is 14.3. The third-order valence-electron chi connectivity index (χ3n) is 8.40. The predicted molar refractivity (Wildman–Crippen MR) is 161 cm³/mol. The van der Waals surface area contributed by atoms with Crippen LogP contribution < -0.4 is 4.57 Å². The largest absolute Gasteiger partial charge is 0.394 e. The molecule has 1 nitrogen and oxygen atoms in total. The van der Waals surface area contributed by atoms with E-state index in [1.54, 1.807) is 0 Å². The van der Waals surface area contributed by atoms with Gasteiger partial charge in [-0.25, -0.2) is 4.57 Å². The molecule has 0 atom stereocenters. The van der Waals surface area contributed by atoms with Crippen LogP contribution in [0.2, 0.25) is 0 Å². The number of aromatic nitrogens is 1. The highest BCUT2D eigenvalue weighted by Gasteiger charge is 2.47. The zero-order chi connectivity index (χ0) is 28.8. The number of rotatable bonds is 3. The number of nitrogens with zero attached hydrogens (tertiary/aromatic N) is 1. The van der Waals surface area contributed by atoms with Gasteiger partial charge in [-0.1, -0.05) is 88.8 Å². The molecule has 1 aliphatic heterocycles. The van der Waals surface area contributed by atoms with Gasteiger partial charge in [0.25, 0.3) is 0 Å². The van der Waals surface area contributed by atoms with Crippen molar-refractivity contribution in [3.8, 4) is 11.3 Å². The van der Waals surface area contributed by atoms with Crippen LogP contribution in [-0.4, -0.2) is 6.18 Å². The molecule has 0 N–H and O–H groups in total. The molecule has 0 saturated heterocycles. The number of aryl methyl sites for hydroxylation is 2. The molecular weight excluding hydrogens is 523 g/mol. The number of fused-ring (bicyclic) bond motifs is 5. The van der Waals surface area contributed by atoms with Crippen LogP contribution in [0.3, 0.4) is 0 Å². The van der Waals surface area contributed by atoms with E-state index in [9.17, 15) is 13.2 Å². The zero-order valence-corrected chi connectivity index (χ0v) is 25.0. The van der Waals surface area contributed by atoms with Crippen LogP contribution >= 0.6 is 11.8 Å². The fraction of sp³-hybridized carbons (Fsp3) is 0.343. The summed E-state index contributed by atoms with van der Waals surface area (Å²) in [6.07, 6.45) is -1.33. The maximum atomic E-state index is 14.0. The van der Waals surface area contributed by atoms with E-state index in [1.807, 2.05) is 30.0 Å². The molecule has 40 heavy (non-hydrogen) atoms. The normalized spacial score (nSPS) is 13.8. The Kier molecular flexibility index (Phi) is 6.09. The summed E-state index contributed by atoms with van der Waals surface area (Å²) in [4.78, 5) is 2.47. The Morgan fingerprint density at radius 2 is 1.50 bits per heavy atom. The van der Waals surface area contributed by atoms with Gasteiger partial charge < -0.3 is 0 Å². The Bertz CT molecular complexity index is 1840. The maximum Gasteiger partial charge on any atom is 0.394 e. The van der Waals surface area contributed by atoms with Crippen molar-refractivity contribution in [2.45, 2.75) is 70.4 Å². The minimum Gasteiger partial charge on any atom is -0.200 e. The van der Waals surface area contributed by atoms with E-state index in [2.05, 4.69) is 81.9 Å². The molecule has 5 heteroatoms. The molecule has 0 radical (unpaired) electrons. The summed E-state index contributed by atoms with van der Waals surface area (Å²) in [7, 11) is 2.08. The van der Waals surface area contributed by atoms with Gasteiger partial charge in [0.15, 0.2) is 6.20 Å². The maximum absolute atomic E-state index is 14.0. The Morgan fingerprint density at radius 3 is 2.17 bits per heavy atom. The molecule has 0 unspecified atom stereocenters. The molecule has 0 bridgehead atoms. The lowest BCUT2D eigenvalue weighted by Gasteiger charge is -2.29. The third kappa shape index (κ3) is 4.20. The van der Waals surface area contributed by atoms with E-state index in [-0.39, 0.29) is 11.8 Å². The smallest absolute Gasteiger partial charge is 0.200 e. The van der Waals surface area contributed by atoms with E-state index in [4.69, 9.17) is 0 Å². The molecule has 0 fully saturated rings. The molecule has 0 spiro atoms. The van der Waals surface area contributed by atoms with Crippen LogP contribution in [0.25, 0.3) is 43.6 Å². The van der Waals surface area contributed by atoms with Gasteiger partial charge in [-0.2, -0.15) is 13.2 Å². The molecule has 0 aliphatic carbocycles. The number of hydrogen-bond donors (Lipinski definition) is 0. The molecule has 206 valence electrons. The first-order chi connectivity index (χ1) is 18.7. The second-order valence-electron chi connectivity index (χ2n) is 13.2. The van der Waals surface area contributed by atoms with Crippen molar-refractivity contribution in [3.63, 3.8) is 0 Å². The monoisotopic (exact) mass is 558 g/mol. The topological polar surface area (TPSA) is 3.88 Å². The van der Waals surface area contributed by atoms with Crippen molar-refractivity contribution >= 4 is 44.1 Å². The first-order valence-corrected chi connectivity index (χ1v) is 14.7. The molecule has 0 saturated carbocycles. The fourth-order valence-electron chi connectivity index (χ4n) is 6.36. The average molecular weight is 559 g/mol. The molecular formula is C35H35F3NS+. The van der Waals surface area contributed by atoms with Gasteiger partial charge in [0.1, 0.15) is 7.05 Å². The van der Waals surface area contributed by atoms with Gasteiger partial charge in [-0.15, -0.1) is 0 Å². The molecule has 0 amide bonds. The Balaban J connectivity index is 1.72. The second kappa shape index (κ2) is 8.97. The van der Waals surface area contributed by atoms with Gasteiger partial charge in [0.2, 0.25) is 5.69 Å². The Labute approximate surface area is 238 Å². The minimum atomic E-state index is -4.29. The predicted octanol–water partition coefficient (Wildman–Crippen LogP) is 10.1. The molecule has 2 heterocycles. The summed E-state index contributed by atoms with van der Waals surface area (Å²) >= 11 is 1.82. The van der Waals surface area contributed by atoms with Crippen LogP contribution in [0.15, 0.2) is 70.6 Å². The lowest BCUT2D eigenvalue weighted by Crippen LogP contribution is -2.34. The number of alkyl halides is 3. The summed E-state index contributed by atoms with van der Waals surface area (Å²) in [6, 6.07) is 18.8. The van der Waals surface area contributed by atoms with Crippen LogP contribution in [0.4, 0.5) is 13.2 Å². The lowest BCUT2D eigenvalue weighted by molar-refractivity contribution is -0.659. The molecule has 1 aliphatic rings. The van der Waals surface area contributed by atoms with Crippen LogP contribution in [0.1, 0.15) is 51.3 Å². The average Bonchev–Trinajstić information content (AvgIpc) is 2.86. The molecule has 4 aromatic carbocycles. The van der Waals surface area contributed by atoms with Crippen LogP contribution in [0, 0.1) is 17.8 Å². The number of hydrogen-bond acceptors (Lipinski definition) is 1. The van der Waals surface area contributed by atoms with Crippen LogP contribution in [-0.2, 0) is 19.9 Å². The van der Waals surface area contributed by atoms with Crippen molar-refractivity contribution in [3.05, 3.63) is 77.5 Å². The van der Waals surface area contributed by atoms with Gasteiger partial charge in [-0.3, -0.25) is 0 Å². The highest BCUT2D eigenvalue weighted by Crippen LogP contribution is 2.54. The van der Waals surface area contributed by atoms with Crippen molar-refractivity contribution in [1.29, 1.82) is 0 Å². The van der Waals surface area contributed by atoms with E-state index in [1.165, 1.54) is 51.1 Å². The van der Waals surface area contributed by atoms with Gasteiger partial charge in [0, 0.05) is 21.2 Å². The lowest BCUT2D eigenvalue weighted by atomic mass is 9.81. The molecule has 6 rings (SSSR count). The summed E-state index contributed by atoms with van der Waals surface area (Å²) in [6.45, 7) is 11.7. The zero-order valence-electron chi connectivity index (χ0n) is 24.2. The fourth-order valence-corrected chi connectivity index (χ4v) is 7.73. The number of halogens is 3. The summed E-state index contributed by atoms with van der Waals surface area (Å²) in [5, 5.41) is 6.64. The first kappa shape index (κ1) is 27.1. The van der Waals surface area contributed by atoms with E-state index >= 15 is 0 Å². The van der Waals surface area contributed by atoms with Crippen molar-refractivity contribution in [2.75, 3.05) is 0 Å². The number of benzene rings is 4. The third-order valence-corrected chi connectivity index (χ3v) is 9.59. The standard InChI is InChI=1S/C35H35F3NS/c1-20-23-13-8-9-14-24(23)26(19-33(2,3)4)32-28(20)31-30-25(15-16-39(31)7)29-21(17-27(30)40-32)11-10-12-22(29)18-34(5,6)35(36,37)38/h8-17H,18-19H2,1-7H3/q+1. The summed E-state index contributed by atoms with van der Waals surface area (Å²) < 4.78 is 44.1. The summed E-state index contributed by atoms with van der Waals surface area (Å²) in [5.41, 5.74) is 4.02. The van der Waals surface area contributed by atoms with Crippen molar-refractivity contribution < 1.29 is 17.7 Å². The Hall–Kier alpha value is -3.05. The Morgan fingerprint density at radius 1 is 0.800 bits per heavy atom. The van der Waals surface area contributed by atoms with E-state index in [0.717, 1.165) is 39.2 Å². The molecule has 1 aromatic heterocycles. The SMILES string of the molecule is Cc1c2c(c(CC(C)(C)C)c3ccccc13)Sc1cc3cccc(CC(C)(C)C(F)(F)F)c3c3cc[n+](C)c-2c13. The van der Waals surface area contributed by atoms with E-state index in [0.29, 0.717) is 0 Å². The van der Waals surface area contributed by atoms with Gasteiger partial charge in [0.05, 0.1) is 16.4 Å². The highest BCUT2D eigenvalue weighted by molar-refractivity contribution is 8.00. The van der Waals surface area contributed by atoms with E-state index < -0.39 is 11.6 Å². The van der Waals surface area contributed by atoms with Crippen LogP contribution in [0.5, 0.6) is 0 Å². The number of pyridine rings is 1. The van der Waals surface area contributed by atoms with Crippen molar-refractivity contribution in [1.82, 2.24) is 0 Å². The molecule has 5 aromatic rings. The van der Waals surface area contributed by atoms with Crippen molar-refractivity contribution in [2.24, 2.45) is 17.9 Å².